The SMILES string of the molecule is Cc1cc2ncn(C(C)C(N)=O)c2cc1C. The molecule has 0 spiro atoms. The zero-order valence-corrected chi connectivity index (χ0v) is 9.69. The van der Waals surface area contributed by atoms with Crippen molar-refractivity contribution in [1.29, 1.82) is 0 Å². The van der Waals surface area contributed by atoms with E-state index in [1.807, 2.05) is 30.5 Å². The van der Waals surface area contributed by atoms with Crippen molar-refractivity contribution in [3.8, 4) is 0 Å². The minimum atomic E-state index is -0.368. The van der Waals surface area contributed by atoms with Crippen molar-refractivity contribution in [2.75, 3.05) is 0 Å². The molecule has 16 heavy (non-hydrogen) atoms. The minimum Gasteiger partial charge on any atom is -0.368 e. The molecule has 0 radical (unpaired) electrons. The molecule has 0 bridgehead atoms. The second kappa shape index (κ2) is 3.63. The normalized spacial score (nSPS) is 12.9. The predicted molar refractivity (Wildman–Crippen MR) is 63.1 cm³/mol. The van der Waals surface area contributed by atoms with Gasteiger partial charge in [-0.25, -0.2) is 4.98 Å². The molecule has 0 aliphatic rings. The number of hydrogen-bond acceptors (Lipinski definition) is 2. The van der Waals surface area contributed by atoms with Crippen molar-refractivity contribution in [3.05, 3.63) is 29.6 Å². The van der Waals surface area contributed by atoms with Gasteiger partial charge in [-0.05, 0) is 44.0 Å². The van der Waals surface area contributed by atoms with E-state index in [9.17, 15) is 4.79 Å². The van der Waals surface area contributed by atoms with Crippen molar-refractivity contribution in [2.24, 2.45) is 5.73 Å². The molecule has 1 heterocycles. The number of aryl methyl sites for hydroxylation is 2. The van der Waals surface area contributed by atoms with Crippen LogP contribution >= 0.6 is 0 Å². The quantitative estimate of drug-likeness (QED) is 0.832. The van der Waals surface area contributed by atoms with Crippen molar-refractivity contribution >= 4 is 16.9 Å². The lowest BCUT2D eigenvalue weighted by molar-refractivity contribution is -0.120. The van der Waals surface area contributed by atoms with Gasteiger partial charge in [-0.15, -0.1) is 0 Å². The van der Waals surface area contributed by atoms with Crippen LogP contribution in [-0.2, 0) is 4.79 Å². The maximum Gasteiger partial charge on any atom is 0.240 e. The fraction of sp³-hybridized carbons (Fsp3) is 0.333. The van der Waals surface area contributed by atoms with E-state index < -0.39 is 0 Å². The Balaban J connectivity index is 2.65. The number of amides is 1. The first-order valence-electron chi connectivity index (χ1n) is 5.24. The molecule has 0 saturated carbocycles. The van der Waals surface area contributed by atoms with Crippen LogP contribution in [0.15, 0.2) is 18.5 Å². The van der Waals surface area contributed by atoms with Crippen LogP contribution in [0.5, 0.6) is 0 Å². The van der Waals surface area contributed by atoms with Gasteiger partial charge in [-0.3, -0.25) is 4.79 Å². The summed E-state index contributed by atoms with van der Waals surface area (Å²) < 4.78 is 1.81. The fourth-order valence-electron chi connectivity index (χ4n) is 1.73. The second-order valence-electron chi connectivity index (χ2n) is 4.16. The Morgan fingerprint density at radius 1 is 1.38 bits per heavy atom. The lowest BCUT2D eigenvalue weighted by Gasteiger charge is -2.10. The minimum absolute atomic E-state index is 0.350. The summed E-state index contributed by atoms with van der Waals surface area (Å²) in [4.78, 5) is 15.4. The van der Waals surface area contributed by atoms with Gasteiger partial charge in [0.25, 0.3) is 0 Å². The first kappa shape index (κ1) is 10.7. The summed E-state index contributed by atoms with van der Waals surface area (Å²) >= 11 is 0. The van der Waals surface area contributed by atoms with Gasteiger partial charge in [0.1, 0.15) is 6.04 Å². The molecule has 4 nitrogen and oxygen atoms in total. The Morgan fingerprint density at radius 3 is 2.62 bits per heavy atom. The second-order valence-corrected chi connectivity index (χ2v) is 4.16. The molecule has 0 fully saturated rings. The number of carbonyl (C=O) groups is 1. The molecule has 84 valence electrons. The molecule has 2 N–H and O–H groups in total. The Labute approximate surface area is 94.1 Å². The molecule has 1 unspecified atom stereocenters. The van der Waals surface area contributed by atoms with Gasteiger partial charge in [0.2, 0.25) is 5.91 Å². The lowest BCUT2D eigenvalue weighted by Crippen LogP contribution is -2.23. The highest BCUT2D eigenvalue weighted by Crippen LogP contribution is 2.21. The summed E-state index contributed by atoms with van der Waals surface area (Å²) in [7, 11) is 0. The van der Waals surface area contributed by atoms with Crippen LogP contribution in [0, 0.1) is 13.8 Å². The van der Waals surface area contributed by atoms with Gasteiger partial charge in [0.15, 0.2) is 0 Å². The third kappa shape index (κ3) is 1.56. The highest BCUT2D eigenvalue weighted by Gasteiger charge is 2.14. The van der Waals surface area contributed by atoms with E-state index >= 15 is 0 Å². The van der Waals surface area contributed by atoms with Crippen LogP contribution < -0.4 is 5.73 Å². The van der Waals surface area contributed by atoms with E-state index in [0.29, 0.717) is 0 Å². The Morgan fingerprint density at radius 2 is 2.00 bits per heavy atom. The van der Waals surface area contributed by atoms with Gasteiger partial charge in [0.05, 0.1) is 17.4 Å². The number of carbonyl (C=O) groups excluding carboxylic acids is 1. The lowest BCUT2D eigenvalue weighted by atomic mass is 10.1. The number of primary amides is 1. The number of aromatic nitrogens is 2. The molecule has 0 aliphatic carbocycles. The largest absolute Gasteiger partial charge is 0.368 e. The number of nitrogens with zero attached hydrogens (tertiary/aromatic N) is 2. The van der Waals surface area contributed by atoms with E-state index in [1.165, 1.54) is 11.1 Å². The van der Waals surface area contributed by atoms with Crippen LogP contribution in [0.3, 0.4) is 0 Å². The molecule has 2 aromatic rings. The highest BCUT2D eigenvalue weighted by atomic mass is 16.1. The summed E-state index contributed by atoms with van der Waals surface area (Å²) in [5.74, 6) is -0.350. The highest BCUT2D eigenvalue weighted by molar-refractivity contribution is 5.83. The number of benzene rings is 1. The first-order valence-corrected chi connectivity index (χ1v) is 5.24. The number of nitrogens with two attached hydrogens (primary N) is 1. The van der Waals surface area contributed by atoms with E-state index in [0.717, 1.165) is 11.0 Å². The van der Waals surface area contributed by atoms with Gasteiger partial charge < -0.3 is 10.3 Å². The maximum atomic E-state index is 11.2. The number of fused-ring (bicyclic) bond motifs is 1. The molecule has 1 atom stereocenters. The van der Waals surface area contributed by atoms with E-state index in [-0.39, 0.29) is 11.9 Å². The van der Waals surface area contributed by atoms with Gasteiger partial charge in [0, 0.05) is 0 Å². The van der Waals surface area contributed by atoms with Crippen molar-refractivity contribution in [1.82, 2.24) is 9.55 Å². The van der Waals surface area contributed by atoms with Gasteiger partial charge >= 0.3 is 0 Å². The predicted octanol–water partition coefficient (Wildman–Crippen LogP) is 1.70. The van der Waals surface area contributed by atoms with Crippen molar-refractivity contribution in [3.63, 3.8) is 0 Å². The van der Waals surface area contributed by atoms with E-state index in [4.69, 9.17) is 5.73 Å². The first-order chi connectivity index (χ1) is 7.50. The Hall–Kier alpha value is -1.84. The summed E-state index contributed by atoms with van der Waals surface area (Å²) in [6.45, 7) is 5.87. The maximum absolute atomic E-state index is 11.2. The summed E-state index contributed by atoms with van der Waals surface area (Å²) in [5, 5.41) is 0. The van der Waals surface area contributed by atoms with Gasteiger partial charge in [-0.1, -0.05) is 0 Å². The van der Waals surface area contributed by atoms with Crippen molar-refractivity contribution in [2.45, 2.75) is 26.8 Å². The molecule has 0 aliphatic heterocycles. The summed E-state index contributed by atoms with van der Waals surface area (Å²) in [6.07, 6.45) is 1.67. The molecule has 4 heteroatoms. The van der Waals surface area contributed by atoms with Crippen LogP contribution in [-0.4, -0.2) is 15.5 Å². The van der Waals surface area contributed by atoms with Gasteiger partial charge in [-0.2, -0.15) is 0 Å². The number of hydrogen-bond donors (Lipinski definition) is 1. The third-order valence-corrected chi connectivity index (χ3v) is 3.02. The van der Waals surface area contributed by atoms with Crippen LogP contribution in [0.2, 0.25) is 0 Å². The molecule has 1 aromatic heterocycles. The van der Waals surface area contributed by atoms with Crippen molar-refractivity contribution < 1.29 is 4.79 Å². The zero-order chi connectivity index (χ0) is 11.9. The number of rotatable bonds is 2. The molecule has 2 rings (SSSR count). The van der Waals surface area contributed by atoms with E-state index in [1.54, 1.807) is 13.3 Å². The molecular formula is C12H15N3O. The molecule has 1 aromatic carbocycles. The summed E-state index contributed by atoms with van der Waals surface area (Å²) in [6, 6.07) is 3.69. The Bertz CT molecular complexity index is 557. The number of imidazole rings is 1. The average Bonchev–Trinajstić information content (AvgIpc) is 2.60. The fourth-order valence-corrected chi connectivity index (χ4v) is 1.73. The third-order valence-electron chi connectivity index (χ3n) is 3.02. The molecular weight excluding hydrogens is 202 g/mol. The topological polar surface area (TPSA) is 60.9 Å². The monoisotopic (exact) mass is 217 g/mol. The van der Waals surface area contributed by atoms with E-state index in [2.05, 4.69) is 4.98 Å². The molecule has 0 saturated heterocycles. The average molecular weight is 217 g/mol. The Kier molecular flexibility index (Phi) is 2.42. The standard InChI is InChI=1S/C12H15N3O/c1-7-4-10-11(5-8(7)2)15(6-14-10)9(3)12(13)16/h4-6,9H,1-3H3,(H2,13,16). The zero-order valence-electron chi connectivity index (χ0n) is 9.69. The molecule has 1 amide bonds. The summed E-state index contributed by atoms with van der Waals surface area (Å²) in [5.41, 5.74) is 9.54. The van der Waals surface area contributed by atoms with Crippen LogP contribution in [0.4, 0.5) is 0 Å². The van der Waals surface area contributed by atoms with Crippen LogP contribution in [0.1, 0.15) is 24.1 Å². The smallest absolute Gasteiger partial charge is 0.240 e. The van der Waals surface area contributed by atoms with Crippen LogP contribution in [0.25, 0.3) is 11.0 Å².